The summed E-state index contributed by atoms with van der Waals surface area (Å²) in [7, 11) is 8.36. The van der Waals surface area contributed by atoms with Crippen LogP contribution in [0.3, 0.4) is 0 Å². The van der Waals surface area contributed by atoms with Crippen molar-refractivity contribution in [2.75, 3.05) is 14.1 Å². The Morgan fingerprint density at radius 3 is 1.25 bits per heavy atom. The first-order valence-electron chi connectivity index (χ1n) is 2.14. The molecule has 3 nitrogen and oxygen atoms in total. The van der Waals surface area contributed by atoms with Crippen LogP contribution in [0.25, 0.3) is 0 Å². The highest BCUT2D eigenvalue weighted by Crippen LogP contribution is 1.98. The molecule has 0 unspecified atom stereocenters. The normalized spacial score (nSPS) is 8.83. The van der Waals surface area contributed by atoms with Gasteiger partial charge in [0.2, 0.25) is 0 Å². The Morgan fingerprint density at radius 2 is 1.25 bits per heavy atom. The van der Waals surface area contributed by atoms with E-state index in [2.05, 4.69) is 21.4 Å². The van der Waals surface area contributed by atoms with Gasteiger partial charge in [-0.25, -0.2) is 4.58 Å². The fourth-order valence-electron chi connectivity index (χ4n) is 0. The molecule has 0 aromatic heterocycles. The predicted molar refractivity (Wildman–Crippen MR) is 49.4 cm³/mol. The molecule has 0 aromatic rings. The van der Waals surface area contributed by atoms with Crippen LogP contribution in [0.5, 0.6) is 0 Å². The molecule has 0 atom stereocenters. The van der Waals surface area contributed by atoms with E-state index in [1.165, 1.54) is 0 Å². The van der Waals surface area contributed by atoms with Crippen molar-refractivity contribution in [2.24, 2.45) is 0 Å². The molecule has 0 N–H and O–H groups in total. The monoisotopic (exact) mass is 295 g/mol. The minimum absolute atomic E-state index is 0. The molecule has 12 heavy (non-hydrogen) atoms. The number of hydrogen-bond donors (Lipinski definition) is 0. The van der Waals surface area contributed by atoms with Crippen LogP contribution in [0.15, 0.2) is 0 Å². The van der Waals surface area contributed by atoms with E-state index in [9.17, 15) is 0 Å². The fraction of sp³-hybridized carbons (Fsp3) is 0.667. The minimum Gasteiger partial charge on any atom is -1.00 e. The van der Waals surface area contributed by atoms with Gasteiger partial charge in [-0.3, -0.25) is 0 Å². The smallest absolute Gasteiger partial charge is 0.340 e. The van der Waals surface area contributed by atoms with Gasteiger partial charge in [0.05, 0.1) is 0 Å². The average Bonchev–Trinajstić information content (AvgIpc) is 1.59. The zero-order chi connectivity index (χ0) is 9.65. The van der Waals surface area contributed by atoms with Gasteiger partial charge >= 0.3 is 12.9 Å². The van der Waals surface area contributed by atoms with Gasteiger partial charge in [0.15, 0.2) is 0 Å². The van der Waals surface area contributed by atoms with E-state index in [1.807, 2.05) is 0 Å². The molecule has 0 amide bonds. The van der Waals surface area contributed by atoms with E-state index in [-0.39, 0.29) is 17.0 Å². The van der Waals surface area contributed by atoms with Gasteiger partial charge in [0.25, 0.3) is 0 Å². The second-order valence-corrected chi connectivity index (χ2v) is 6.09. The second-order valence-electron chi connectivity index (χ2n) is 1.51. The van der Waals surface area contributed by atoms with E-state index >= 15 is 0 Å². The summed E-state index contributed by atoms with van der Waals surface area (Å²) in [5.74, 6) is 0. The topological polar surface area (TPSA) is 37.1 Å². The number of hydrogen-bond acceptors (Lipinski definition) is 2. The molecule has 0 fully saturated rings. The zero-order valence-electron chi connectivity index (χ0n) is 6.06. The van der Waals surface area contributed by atoms with Crippen molar-refractivity contribution in [1.29, 1.82) is 0 Å². The Labute approximate surface area is 96.6 Å². The van der Waals surface area contributed by atoms with Crippen LogP contribution in [0.2, 0.25) is 0 Å². The highest BCUT2D eigenvalue weighted by molar-refractivity contribution is 8.31. The third kappa shape index (κ3) is 43.7. The molecule has 0 bridgehead atoms. The van der Waals surface area contributed by atoms with Crippen molar-refractivity contribution < 1.29 is 25.4 Å². The van der Waals surface area contributed by atoms with Crippen LogP contribution >= 0.6 is 44.6 Å². The van der Waals surface area contributed by atoms with E-state index in [0.29, 0.717) is 0 Å². The van der Waals surface area contributed by atoms with Crippen molar-refractivity contribution in [3.05, 3.63) is 0 Å². The molecule has 76 valence electrons. The summed E-state index contributed by atoms with van der Waals surface area (Å²) in [4.78, 5) is 0. The molecular formula is C3H6Cl5NO2S. The van der Waals surface area contributed by atoms with Gasteiger partial charge < -0.3 is 12.4 Å². The summed E-state index contributed by atoms with van der Waals surface area (Å²) < 4.78 is 20.2. The third-order valence-corrected chi connectivity index (χ3v) is 1.01. The van der Waals surface area contributed by atoms with Crippen molar-refractivity contribution >= 4 is 57.5 Å². The molecule has 9 heteroatoms. The van der Waals surface area contributed by atoms with Crippen LogP contribution in [-0.2, 0) is 8.26 Å². The lowest BCUT2D eigenvalue weighted by Gasteiger charge is -1.77. The zero-order valence-corrected chi connectivity index (χ0v) is 10.7. The lowest BCUT2D eigenvalue weighted by Crippen LogP contribution is -3.00. The van der Waals surface area contributed by atoms with Crippen molar-refractivity contribution in [1.82, 2.24) is 0 Å². The maximum Gasteiger partial charge on any atom is 0.340 e. The molecule has 0 spiro atoms. The maximum absolute atomic E-state index is 9.16. The molecule has 0 radical (unpaired) electrons. The van der Waals surface area contributed by atoms with Crippen LogP contribution < -0.4 is 12.4 Å². The second kappa shape index (κ2) is 8.66. The highest BCUT2D eigenvalue weighted by Gasteiger charge is 1.90. The van der Waals surface area contributed by atoms with Gasteiger partial charge in [0.1, 0.15) is 14.1 Å². The summed E-state index contributed by atoms with van der Waals surface area (Å²) in [6.07, 6.45) is 0. The third-order valence-electron chi connectivity index (χ3n) is 0.338. The fourth-order valence-corrected chi connectivity index (χ4v) is 0. The Kier molecular flexibility index (Phi) is 13.5. The standard InChI is InChI=1S/C3H6Cl2N.Cl2O2S.ClH/c1-6(2)3(4)5;1-5(2,3)4;/h1-2H3;;1H/q+1;;/p-1. The molecule has 0 aromatic carbocycles. The number of rotatable bonds is 0. The Hall–Kier alpha value is 1.07. The van der Waals surface area contributed by atoms with Crippen LogP contribution in [0.1, 0.15) is 0 Å². The largest absolute Gasteiger partial charge is 1.00 e. The van der Waals surface area contributed by atoms with Crippen LogP contribution in [0, 0.1) is 0 Å². The summed E-state index contributed by atoms with van der Waals surface area (Å²) in [5, 5.41) is 0. The lowest BCUT2D eigenvalue weighted by molar-refractivity contribution is -0.459. The first-order chi connectivity index (χ1) is 4.64. The highest BCUT2D eigenvalue weighted by atomic mass is 36.0. The predicted octanol–water partition coefficient (Wildman–Crippen LogP) is -1.20. The van der Waals surface area contributed by atoms with Crippen LogP contribution in [0.4, 0.5) is 0 Å². The molecule has 0 heterocycles. The average molecular weight is 297 g/mol. The van der Waals surface area contributed by atoms with Crippen LogP contribution in [-0.4, -0.2) is 31.7 Å². The lowest BCUT2D eigenvalue weighted by atomic mass is 11.1. The molecule has 0 rings (SSSR count). The molecule has 0 saturated carbocycles. The van der Waals surface area contributed by atoms with Gasteiger partial charge in [-0.05, 0) is 0 Å². The van der Waals surface area contributed by atoms with Crippen molar-refractivity contribution in [2.45, 2.75) is 0 Å². The Balaban J connectivity index is -0.000000126. The van der Waals surface area contributed by atoms with Crippen molar-refractivity contribution in [3.63, 3.8) is 0 Å². The minimum atomic E-state index is -3.72. The van der Waals surface area contributed by atoms with Gasteiger partial charge in [-0.1, -0.05) is 0 Å². The number of nitrogens with zero attached hydrogens (tertiary/aromatic N) is 1. The summed E-state index contributed by atoms with van der Waals surface area (Å²) in [6.45, 7) is 0. The van der Waals surface area contributed by atoms with Gasteiger partial charge in [0, 0.05) is 44.6 Å². The summed E-state index contributed by atoms with van der Waals surface area (Å²) in [5.41, 5.74) is 0. The number of halogens is 5. The van der Waals surface area contributed by atoms with E-state index < -0.39 is 8.26 Å². The Bertz CT molecular complexity index is 209. The SMILES string of the molecule is C[N+](C)=C(Cl)Cl.O=S(=O)(Cl)Cl.[Cl-]. The first-order valence-corrected chi connectivity index (χ1v) is 6.03. The Morgan fingerprint density at radius 1 is 1.17 bits per heavy atom. The van der Waals surface area contributed by atoms with E-state index in [0.717, 1.165) is 0 Å². The maximum atomic E-state index is 9.16. The van der Waals surface area contributed by atoms with E-state index in [1.54, 1.807) is 18.7 Å². The quantitative estimate of drug-likeness (QED) is 0.320. The molecular weight excluding hydrogens is 291 g/mol. The first kappa shape index (κ1) is 18.8. The molecule has 0 aliphatic rings. The molecule has 0 aliphatic carbocycles. The van der Waals surface area contributed by atoms with Gasteiger partial charge in [-0.15, -0.1) is 0 Å². The van der Waals surface area contributed by atoms with E-state index in [4.69, 9.17) is 31.6 Å². The summed E-state index contributed by atoms with van der Waals surface area (Å²) >= 11 is 10.4. The molecule has 0 aliphatic heterocycles. The summed E-state index contributed by atoms with van der Waals surface area (Å²) in [6, 6.07) is 0. The van der Waals surface area contributed by atoms with Gasteiger partial charge in [-0.2, -0.15) is 8.42 Å². The molecule has 0 saturated heterocycles. The van der Waals surface area contributed by atoms with Crippen molar-refractivity contribution in [3.8, 4) is 0 Å².